The third-order valence-corrected chi connectivity index (χ3v) is 5.39. The predicted octanol–water partition coefficient (Wildman–Crippen LogP) is 2.59. The van der Waals surface area contributed by atoms with Crippen LogP contribution in [-0.2, 0) is 0 Å². The molecule has 1 saturated heterocycles. The van der Waals surface area contributed by atoms with E-state index in [1.807, 2.05) is 17.5 Å². The maximum Gasteiger partial charge on any atom is 0.185 e. The molecule has 2 rings (SSSR count). The van der Waals surface area contributed by atoms with Crippen LogP contribution in [0, 0.1) is 5.92 Å². The van der Waals surface area contributed by atoms with Gasteiger partial charge in [-0.15, -0.1) is 11.3 Å². The molecule has 1 aliphatic rings. The van der Waals surface area contributed by atoms with Crippen LogP contribution in [-0.4, -0.2) is 49.7 Å². The van der Waals surface area contributed by atoms with Gasteiger partial charge in [0.1, 0.15) is 0 Å². The van der Waals surface area contributed by atoms with E-state index >= 15 is 0 Å². The second kappa shape index (κ2) is 6.87. The molecular weight excluding hydrogens is 268 g/mol. The first-order valence-corrected chi connectivity index (χ1v) is 8.45. The summed E-state index contributed by atoms with van der Waals surface area (Å²) in [4.78, 5) is 10.8. The molecule has 0 aromatic carbocycles. The van der Waals surface area contributed by atoms with Crippen molar-refractivity contribution in [2.75, 3.05) is 38.6 Å². The van der Waals surface area contributed by atoms with E-state index in [-0.39, 0.29) is 0 Å². The van der Waals surface area contributed by atoms with E-state index in [4.69, 9.17) is 0 Å². The van der Waals surface area contributed by atoms with Gasteiger partial charge in [0.2, 0.25) is 0 Å². The normalized spacial score (nSPS) is 24.6. The first kappa shape index (κ1) is 15.7. The van der Waals surface area contributed by atoms with Gasteiger partial charge in [-0.25, -0.2) is 4.98 Å². The van der Waals surface area contributed by atoms with Crippen LogP contribution in [0.3, 0.4) is 0 Å². The lowest BCUT2D eigenvalue weighted by Crippen LogP contribution is -2.34. The summed E-state index contributed by atoms with van der Waals surface area (Å²) in [5.74, 6) is 0.702. The second-order valence-electron chi connectivity index (χ2n) is 6.13. The minimum Gasteiger partial charge on any atom is -0.346 e. The molecule has 5 heteroatoms. The Morgan fingerprint density at radius 2 is 2.25 bits per heavy atom. The summed E-state index contributed by atoms with van der Waals surface area (Å²) in [6.45, 7) is 10.0. The minimum atomic E-state index is 0.408. The zero-order valence-corrected chi connectivity index (χ0v) is 14.2. The summed E-state index contributed by atoms with van der Waals surface area (Å²) in [5, 5.41) is 4.71. The third kappa shape index (κ3) is 3.51. The van der Waals surface area contributed by atoms with Crippen molar-refractivity contribution in [1.29, 1.82) is 0 Å². The number of nitrogens with zero attached hydrogens (tertiary/aromatic N) is 3. The number of aromatic nitrogens is 1. The maximum absolute atomic E-state index is 4.64. The van der Waals surface area contributed by atoms with Crippen LogP contribution in [0.5, 0.6) is 0 Å². The van der Waals surface area contributed by atoms with Gasteiger partial charge in [0, 0.05) is 36.2 Å². The van der Waals surface area contributed by atoms with Crippen LogP contribution in [0.4, 0.5) is 5.13 Å². The average molecular weight is 296 g/mol. The topological polar surface area (TPSA) is 31.4 Å². The number of thiazole rings is 1. The van der Waals surface area contributed by atoms with Gasteiger partial charge in [0.05, 0.1) is 0 Å². The Kier molecular flexibility index (Phi) is 5.41. The molecule has 1 aromatic heterocycles. The fourth-order valence-corrected chi connectivity index (χ4v) is 3.82. The van der Waals surface area contributed by atoms with Gasteiger partial charge in [-0.2, -0.15) is 0 Å². The molecule has 1 fully saturated rings. The Hall–Kier alpha value is -0.650. The fourth-order valence-electron chi connectivity index (χ4n) is 2.86. The zero-order chi connectivity index (χ0) is 14.7. The summed E-state index contributed by atoms with van der Waals surface area (Å²) >= 11 is 1.84. The lowest BCUT2D eigenvalue weighted by atomic mass is 10.1. The molecule has 114 valence electrons. The van der Waals surface area contributed by atoms with E-state index in [2.05, 4.69) is 55.0 Å². The van der Waals surface area contributed by atoms with Crippen molar-refractivity contribution < 1.29 is 0 Å². The highest BCUT2D eigenvalue weighted by Crippen LogP contribution is 2.31. The van der Waals surface area contributed by atoms with Crippen molar-refractivity contribution in [3.63, 3.8) is 0 Å². The van der Waals surface area contributed by atoms with E-state index in [0.717, 1.165) is 19.6 Å². The van der Waals surface area contributed by atoms with Crippen molar-refractivity contribution in [3.05, 3.63) is 11.1 Å². The van der Waals surface area contributed by atoms with E-state index < -0.39 is 0 Å². The number of rotatable bonds is 6. The molecule has 4 nitrogen and oxygen atoms in total. The van der Waals surface area contributed by atoms with Gasteiger partial charge in [-0.05, 0) is 39.9 Å². The van der Waals surface area contributed by atoms with Gasteiger partial charge >= 0.3 is 0 Å². The van der Waals surface area contributed by atoms with E-state index in [0.29, 0.717) is 18.0 Å². The van der Waals surface area contributed by atoms with E-state index in [1.165, 1.54) is 16.4 Å². The number of likely N-dealkylation sites (N-methyl/N-ethyl adjacent to an activating group) is 1. The van der Waals surface area contributed by atoms with Crippen molar-refractivity contribution >= 4 is 16.5 Å². The van der Waals surface area contributed by atoms with Gasteiger partial charge < -0.3 is 15.1 Å². The number of anilines is 1. The van der Waals surface area contributed by atoms with Crippen LogP contribution < -0.4 is 10.2 Å². The first-order chi connectivity index (χ1) is 9.52. The van der Waals surface area contributed by atoms with Crippen LogP contribution in [0.2, 0.25) is 0 Å². The third-order valence-electron chi connectivity index (χ3n) is 4.15. The highest BCUT2D eigenvalue weighted by atomic mass is 32.1. The molecule has 0 aliphatic carbocycles. The molecule has 1 aromatic rings. The van der Waals surface area contributed by atoms with Gasteiger partial charge in [-0.3, -0.25) is 0 Å². The van der Waals surface area contributed by atoms with E-state index in [9.17, 15) is 0 Å². The molecule has 0 radical (unpaired) electrons. The smallest absolute Gasteiger partial charge is 0.185 e. The molecule has 20 heavy (non-hydrogen) atoms. The van der Waals surface area contributed by atoms with Crippen LogP contribution in [0.25, 0.3) is 0 Å². The van der Waals surface area contributed by atoms with E-state index in [1.54, 1.807) is 0 Å². The maximum atomic E-state index is 4.64. The zero-order valence-electron chi connectivity index (χ0n) is 13.4. The molecule has 1 aliphatic heterocycles. The van der Waals surface area contributed by atoms with Crippen molar-refractivity contribution in [2.24, 2.45) is 5.92 Å². The molecule has 0 amide bonds. The van der Waals surface area contributed by atoms with Crippen LogP contribution in [0.1, 0.15) is 38.1 Å². The molecule has 3 unspecified atom stereocenters. The van der Waals surface area contributed by atoms with Crippen molar-refractivity contribution in [1.82, 2.24) is 15.2 Å². The Morgan fingerprint density at radius 3 is 2.85 bits per heavy atom. The molecule has 2 heterocycles. The largest absolute Gasteiger partial charge is 0.346 e. The molecule has 1 N–H and O–H groups in total. The van der Waals surface area contributed by atoms with Gasteiger partial charge in [0.15, 0.2) is 5.13 Å². The lowest BCUT2D eigenvalue weighted by molar-refractivity contribution is 0.266. The lowest BCUT2D eigenvalue weighted by Gasteiger charge is -2.22. The van der Waals surface area contributed by atoms with Gasteiger partial charge in [0.25, 0.3) is 0 Å². The molecule has 0 spiro atoms. The summed E-state index contributed by atoms with van der Waals surface area (Å²) in [7, 11) is 4.35. The molecule has 0 saturated carbocycles. The Bertz CT molecular complexity index is 418. The first-order valence-electron chi connectivity index (χ1n) is 7.63. The van der Waals surface area contributed by atoms with Crippen LogP contribution >= 0.6 is 11.3 Å². The number of hydrogen-bond donors (Lipinski definition) is 1. The minimum absolute atomic E-state index is 0.408. The SMILES string of the molecule is CCCNC(C)c1cnc(N2CC(C)C(N(C)C)C2)s1. The Morgan fingerprint density at radius 1 is 1.50 bits per heavy atom. The van der Waals surface area contributed by atoms with Crippen LogP contribution in [0.15, 0.2) is 6.20 Å². The summed E-state index contributed by atoms with van der Waals surface area (Å²) < 4.78 is 0. The van der Waals surface area contributed by atoms with Gasteiger partial charge in [-0.1, -0.05) is 13.8 Å². The standard InChI is InChI=1S/C15H28N4S/c1-6-7-16-12(3)14-8-17-15(20-14)19-9-11(2)13(10-19)18(4)5/h8,11-13,16H,6-7,9-10H2,1-5H3. The van der Waals surface area contributed by atoms with Crippen molar-refractivity contribution in [2.45, 2.75) is 39.3 Å². The number of hydrogen-bond acceptors (Lipinski definition) is 5. The number of nitrogens with one attached hydrogen (secondary N) is 1. The monoisotopic (exact) mass is 296 g/mol. The molecular formula is C15H28N4S. The molecule has 0 bridgehead atoms. The highest BCUT2D eigenvalue weighted by Gasteiger charge is 2.32. The fraction of sp³-hybridized carbons (Fsp3) is 0.800. The Balaban J connectivity index is 1.99. The second-order valence-corrected chi connectivity index (χ2v) is 7.17. The summed E-state index contributed by atoms with van der Waals surface area (Å²) in [5.41, 5.74) is 0. The summed E-state index contributed by atoms with van der Waals surface area (Å²) in [6.07, 6.45) is 3.21. The predicted molar refractivity (Wildman–Crippen MR) is 87.7 cm³/mol. The quantitative estimate of drug-likeness (QED) is 0.874. The Labute approximate surface area is 127 Å². The molecule has 3 atom stereocenters. The van der Waals surface area contributed by atoms with Crippen molar-refractivity contribution in [3.8, 4) is 0 Å². The summed E-state index contributed by atoms with van der Waals surface area (Å²) in [6, 6.07) is 1.05. The average Bonchev–Trinajstić information content (AvgIpc) is 3.02. The highest BCUT2D eigenvalue weighted by molar-refractivity contribution is 7.15.